The van der Waals surface area contributed by atoms with E-state index >= 15 is 0 Å². The molecule has 1 atom stereocenters. The largest absolute Gasteiger partial charge is 0.444 e. The van der Waals surface area contributed by atoms with Crippen molar-refractivity contribution in [1.29, 1.82) is 0 Å². The Labute approximate surface area is 250 Å². The molecule has 3 aliphatic rings. The summed E-state index contributed by atoms with van der Waals surface area (Å²) in [7, 11) is 0. The number of likely N-dealkylation sites (tertiary alicyclic amines) is 1. The van der Waals surface area contributed by atoms with E-state index in [2.05, 4.69) is 64.1 Å². The van der Waals surface area contributed by atoms with E-state index in [1.54, 1.807) is 0 Å². The van der Waals surface area contributed by atoms with Gasteiger partial charge in [0.05, 0.1) is 16.9 Å². The molecule has 2 aromatic carbocycles. The van der Waals surface area contributed by atoms with Gasteiger partial charge in [-0.25, -0.2) is 9.78 Å². The molecule has 2 aromatic heterocycles. The van der Waals surface area contributed by atoms with Crippen LogP contribution in [0.25, 0.3) is 32.2 Å². The highest BCUT2D eigenvalue weighted by atomic mass is 32.1. The first-order chi connectivity index (χ1) is 20.1. The van der Waals surface area contributed by atoms with Crippen molar-refractivity contribution in [3.8, 4) is 11.3 Å². The van der Waals surface area contributed by atoms with E-state index in [0.29, 0.717) is 6.54 Å². The van der Waals surface area contributed by atoms with Crippen LogP contribution in [-0.2, 0) is 4.74 Å². The smallest absolute Gasteiger partial charge is 0.410 e. The molecule has 2 saturated heterocycles. The number of pyridine rings is 1. The van der Waals surface area contributed by atoms with Gasteiger partial charge < -0.3 is 25.2 Å². The first-order valence-electron chi connectivity index (χ1n) is 14.8. The fourth-order valence-corrected chi connectivity index (χ4v) is 7.60. The summed E-state index contributed by atoms with van der Waals surface area (Å²) >= 11 is 1.53. The summed E-state index contributed by atoms with van der Waals surface area (Å²) < 4.78 is 6.63. The molecule has 8 nitrogen and oxygen atoms in total. The number of anilines is 2. The van der Waals surface area contributed by atoms with E-state index < -0.39 is 5.60 Å². The molecule has 0 unspecified atom stereocenters. The van der Waals surface area contributed by atoms with Crippen molar-refractivity contribution < 1.29 is 14.3 Å². The van der Waals surface area contributed by atoms with E-state index in [4.69, 9.17) is 9.72 Å². The predicted molar refractivity (Wildman–Crippen MR) is 170 cm³/mol. The minimum Gasteiger partial charge on any atom is -0.444 e. The first kappa shape index (κ1) is 27.0. The van der Waals surface area contributed by atoms with Crippen LogP contribution in [-0.4, -0.2) is 66.3 Å². The number of hydrogen-bond donors (Lipinski definition) is 2. The minimum absolute atomic E-state index is 0.0131. The molecule has 2 fully saturated rings. The number of benzene rings is 2. The Morgan fingerprint density at radius 2 is 1.79 bits per heavy atom. The number of thiophene rings is 1. The SMILES string of the molecule is C[C@@H]1CNc2c(sc3ccc4nc(-c5ccc(N6CCC7(CC6)CN(C(=O)OC(C)(C)C)C7)cc5)ccc4c23)C(=O)N1. The molecule has 7 rings (SSSR count). The first-order valence-corrected chi connectivity index (χ1v) is 15.6. The number of carbonyl (C=O) groups excluding carboxylic acids is 2. The fraction of sp³-hybridized carbons (Fsp3) is 0.424. The Bertz CT molecular complexity index is 1690. The molecule has 5 heterocycles. The highest BCUT2D eigenvalue weighted by Crippen LogP contribution is 2.43. The number of nitrogens with one attached hydrogen (secondary N) is 2. The second-order valence-corrected chi connectivity index (χ2v) is 14.2. The molecule has 2 N–H and O–H groups in total. The number of nitrogens with zero attached hydrogens (tertiary/aromatic N) is 3. The molecule has 4 aromatic rings. The van der Waals surface area contributed by atoms with Crippen LogP contribution in [0, 0.1) is 5.41 Å². The average Bonchev–Trinajstić information content (AvgIpc) is 3.26. The number of carbonyl (C=O) groups is 2. The lowest BCUT2D eigenvalue weighted by Gasteiger charge is -2.54. The summed E-state index contributed by atoms with van der Waals surface area (Å²) in [5.41, 5.74) is 4.85. The van der Waals surface area contributed by atoms with Crippen LogP contribution in [0.2, 0.25) is 0 Å². The molecule has 42 heavy (non-hydrogen) atoms. The van der Waals surface area contributed by atoms with Gasteiger partial charge in [0.1, 0.15) is 10.5 Å². The number of rotatable bonds is 2. The predicted octanol–water partition coefficient (Wildman–Crippen LogP) is 6.50. The lowest BCUT2D eigenvalue weighted by atomic mass is 9.72. The van der Waals surface area contributed by atoms with E-state index in [1.807, 2.05) is 32.6 Å². The Balaban J connectivity index is 1.05. The van der Waals surface area contributed by atoms with Gasteiger partial charge in [0.15, 0.2) is 0 Å². The monoisotopic (exact) mass is 583 g/mol. The highest BCUT2D eigenvalue weighted by Gasteiger charge is 2.47. The van der Waals surface area contributed by atoms with Crippen LogP contribution >= 0.6 is 11.3 Å². The molecule has 0 aliphatic carbocycles. The van der Waals surface area contributed by atoms with Gasteiger partial charge >= 0.3 is 6.09 Å². The average molecular weight is 584 g/mol. The third-order valence-electron chi connectivity index (χ3n) is 8.75. The van der Waals surface area contributed by atoms with Gasteiger partial charge in [-0.2, -0.15) is 0 Å². The summed E-state index contributed by atoms with van der Waals surface area (Å²) in [6.07, 6.45) is 1.97. The zero-order valence-corrected chi connectivity index (χ0v) is 25.4. The van der Waals surface area contributed by atoms with Crippen molar-refractivity contribution in [3.63, 3.8) is 0 Å². The maximum atomic E-state index is 12.8. The van der Waals surface area contributed by atoms with Crippen LogP contribution in [0.15, 0.2) is 48.5 Å². The van der Waals surface area contributed by atoms with Crippen LogP contribution in [0.3, 0.4) is 0 Å². The maximum Gasteiger partial charge on any atom is 0.410 e. The summed E-state index contributed by atoms with van der Waals surface area (Å²) in [4.78, 5) is 35.2. The van der Waals surface area contributed by atoms with Crippen molar-refractivity contribution in [1.82, 2.24) is 15.2 Å². The third kappa shape index (κ3) is 4.83. The van der Waals surface area contributed by atoms with Gasteiger partial charge in [-0.1, -0.05) is 12.1 Å². The zero-order valence-electron chi connectivity index (χ0n) is 24.6. The molecule has 0 radical (unpaired) electrons. The van der Waals surface area contributed by atoms with Crippen LogP contribution in [0.1, 0.15) is 50.2 Å². The second kappa shape index (κ2) is 9.87. The third-order valence-corrected chi connectivity index (χ3v) is 9.90. The van der Waals surface area contributed by atoms with Gasteiger partial charge in [-0.15, -0.1) is 11.3 Å². The molecule has 0 saturated carbocycles. The van der Waals surface area contributed by atoms with E-state index in [1.165, 1.54) is 17.0 Å². The Morgan fingerprint density at radius 1 is 1.05 bits per heavy atom. The molecule has 1 spiro atoms. The second-order valence-electron chi connectivity index (χ2n) is 13.1. The van der Waals surface area contributed by atoms with Gasteiger partial charge in [-0.3, -0.25) is 4.79 Å². The number of hydrogen-bond acceptors (Lipinski definition) is 7. The topological polar surface area (TPSA) is 86.8 Å². The molecule has 9 heteroatoms. The van der Waals surface area contributed by atoms with Crippen LogP contribution in [0.4, 0.5) is 16.2 Å². The number of amides is 2. The Hall–Kier alpha value is -3.85. The number of aromatic nitrogens is 1. The van der Waals surface area contributed by atoms with E-state index in [0.717, 1.165) is 81.8 Å². The lowest BCUT2D eigenvalue weighted by molar-refractivity contribution is -0.0434. The van der Waals surface area contributed by atoms with Gasteiger partial charge in [0.25, 0.3) is 5.91 Å². The molecular weight excluding hydrogens is 546 g/mol. The van der Waals surface area contributed by atoms with Crippen molar-refractivity contribution in [2.24, 2.45) is 5.41 Å². The van der Waals surface area contributed by atoms with Gasteiger partial charge in [0, 0.05) is 70.9 Å². The maximum absolute atomic E-state index is 12.8. The zero-order chi connectivity index (χ0) is 29.2. The summed E-state index contributed by atoms with van der Waals surface area (Å²) in [6.45, 7) is 12.0. The molecule has 0 bridgehead atoms. The van der Waals surface area contributed by atoms with Crippen molar-refractivity contribution >= 4 is 55.7 Å². The summed E-state index contributed by atoms with van der Waals surface area (Å²) in [6, 6.07) is 17.1. The number of ether oxygens (including phenoxy) is 1. The highest BCUT2D eigenvalue weighted by molar-refractivity contribution is 7.21. The Kier molecular flexibility index (Phi) is 6.34. The quantitative estimate of drug-likeness (QED) is 0.280. The summed E-state index contributed by atoms with van der Waals surface area (Å²) in [5, 5.41) is 8.70. The molecule has 3 aliphatic heterocycles. The standard InChI is InChI=1S/C33H37N5O3S/c1-20-17-34-28-27-23-9-10-24(36-25(23)11-12-26(27)42-29(28)30(39)35-20)21-5-7-22(8-6-21)37-15-13-33(14-16-37)18-38(19-33)31(40)41-32(2,3)4/h5-12,20,34H,13-19H2,1-4H3,(H,35,39)/t20-/m1/s1. The Morgan fingerprint density at radius 3 is 2.50 bits per heavy atom. The lowest BCUT2D eigenvalue weighted by Crippen LogP contribution is -2.62. The summed E-state index contributed by atoms with van der Waals surface area (Å²) in [5.74, 6) is -0.0131. The fourth-order valence-electron chi connectivity index (χ4n) is 6.50. The normalized spacial score (nSPS) is 20.1. The number of fused-ring (bicyclic) bond motifs is 5. The molecular formula is C33H37N5O3S. The van der Waals surface area contributed by atoms with Gasteiger partial charge in [-0.05, 0) is 76.9 Å². The van der Waals surface area contributed by atoms with Crippen LogP contribution < -0.4 is 15.5 Å². The van der Waals surface area contributed by atoms with E-state index in [9.17, 15) is 9.59 Å². The van der Waals surface area contributed by atoms with Crippen molar-refractivity contribution in [3.05, 3.63) is 53.4 Å². The molecule has 2 amide bonds. The number of piperidine rings is 1. The van der Waals surface area contributed by atoms with Crippen molar-refractivity contribution in [2.45, 2.75) is 52.2 Å². The minimum atomic E-state index is -0.455. The van der Waals surface area contributed by atoms with E-state index in [-0.39, 0.29) is 23.5 Å². The van der Waals surface area contributed by atoms with Gasteiger partial charge in [0.2, 0.25) is 0 Å². The molecule has 218 valence electrons. The van der Waals surface area contributed by atoms with Crippen molar-refractivity contribution in [2.75, 3.05) is 42.9 Å². The van der Waals surface area contributed by atoms with Crippen LogP contribution in [0.5, 0.6) is 0 Å².